The molecule has 1 aromatic rings. The molecule has 1 heterocycles. The number of alkyl halides is 3. The molecular formula is C19H22F3NO3. The Balaban J connectivity index is 1.93. The van der Waals surface area contributed by atoms with Gasteiger partial charge in [0.25, 0.3) is 0 Å². The van der Waals surface area contributed by atoms with E-state index >= 15 is 0 Å². The standard InChI is InChI=1S/C19H22F3NO3/c20-19(21,22)15-7-3-6-14(11-15)18(8-1-2-9-18)17(26)23-10-4-5-13(12-23)16(24)25/h3,6-7,11,13H,1-2,4-5,8-10,12H2,(H,24,25)/t13-/m0/s1. The fraction of sp³-hybridized carbons (Fsp3) is 0.579. The Morgan fingerprint density at radius 1 is 1.15 bits per heavy atom. The summed E-state index contributed by atoms with van der Waals surface area (Å²) >= 11 is 0. The van der Waals surface area contributed by atoms with Crippen molar-refractivity contribution in [2.75, 3.05) is 13.1 Å². The van der Waals surface area contributed by atoms with Crippen LogP contribution in [0.1, 0.15) is 49.7 Å². The van der Waals surface area contributed by atoms with E-state index in [0.29, 0.717) is 37.8 Å². The quantitative estimate of drug-likeness (QED) is 0.881. The summed E-state index contributed by atoms with van der Waals surface area (Å²) in [4.78, 5) is 26.1. The van der Waals surface area contributed by atoms with E-state index in [1.807, 2.05) is 0 Å². The van der Waals surface area contributed by atoms with Crippen LogP contribution in [-0.4, -0.2) is 35.0 Å². The van der Waals surface area contributed by atoms with Crippen molar-refractivity contribution in [3.63, 3.8) is 0 Å². The summed E-state index contributed by atoms with van der Waals surface area (Å²) in [6, 6.07) is 5.04. The molecule has 2 aliphatic rings. The average molecular weight is 369 g/mol. The minimum atomic E-state index is -4.46. The van der Waals surface area contributed by atoms with Gasteiger partial charge < -0.3 is 10.0 Å². The minimum Gasteiger partial charge on any atom is -0.481 e. The monoisotopic (exact) mass is 369 g/mol. The number of amides is 1. The molecule has 1 amide bonds. The average Bonchev–Trinajstić information content (AvgIpc) is 3.11. The number of rotatable bonds is 3. The van der Waals surface area contributed by atoms with E-state index in [2.05, 4.69) is 0 Å². The van der Waals surface area contributed by atoms with Crippen molar-refractivity contribution >= 4 is 11.9 Å². The first-order valence-corrected chi connectivity index (χ1v) is 8.94. The molecule has 142 valence electrons. The largest absolute Gasteiger partial charge is 0.481 e. The third-order valence-electron chi connectivity index (χ3n) is 5.67. The Bertz CT molecular complexity index is 696. The van der Waals surface area contributed by atoms with Gasteiger partial charge in [-0.25, -0.2) is 0 Å². The summed E-state index contributed by atoms with van der Waals surface area (Å²) < 4.78 is 39.3. The van der Waals surface area contributed by atoms with E-state index in [9.17, 15) is 27.9 Å². The molecule has 7 heteroatoms. The molecule has 4 nitrogen and oxygen atoms in total. The molecule has 3 rings (SSSR count). The van der Waals surface area contributed by atoms with Crippen LogP contribution >= 0.6 is 0 Å². The first-order valence-electron chi connectivity index (χ1n) is 8.94. The molecule has 1 N–H and O–H groups in total. The lowest BCUT2D eigenvalue weighted by Gasteiger charge is -2.38. The molecule has 0 radical (unpaired) electrons. The second-order valence-electron chi connectivity index (χ2n) is 7.30. The predicted molar refractivity (Wildman–Crippen MR) is 88.5 cm³/mol. The van der Waals surface area contributed by atoms with E-state index in [1.54, 1.807) is 11.0 Å². The van der Waals surface area contributed by atoms with Crippen molar-refractivity contribution in [3.8, 4) is 0 Å². The Kier molecular flexibility index (Phi) is 4.99. The number of aliphatic carboxylic acids is 1. The Hall–Kier alpha value is -2.05. The molecule has 2 fully saturated rings. The van der Waals surface area contributed by atoms with Crippen LogP contribution in [0.3, 0.4) is 0 Å². The van der Waals surface area contributed by atoms with Crippen LogP contribution < -0.4 is 0 Å². The zero-order valence-corrected chi connectivity index (χ0v) is 14.4. The molecule has 1 aliphatic carbocycles. The molecule has 0 spiro atoms. The lowest BCUT2D eigenvalue weighted by atomic mass is 9.76. The van der Waals surface area contributed by atoms with E-state index in [1.165, 1.54) is 6.07 Å². The number of carboxylic acid groups (broad SMARTS) is 1. The number of likely N-dealkylation sites (tertiary alicyclic amines) is 1. The number of nitrogens with zero attached hydrogens (tertiary/aromatic N) is 1. The second kappa shape index (κ2) is 6.93. The predicted octanol–water partition coefficient (Wildman–Crippen LogP) is 3.84. The van der Waals surface area contributed by atoms with Gasteiger partial charge in [0.2, 0.25) is 5.91 Å². The molecule has 1 saturated carbocycles. The van der Waals surface area contributed by atoms with Crippen LogP contribution in [0.25, 0.3) is 0 Å². The van der Waals surface area contributed by atoms with Crippen molar-refractivity contribution in [2.45, 2.75) is 50.1 Å². The maximum absolute atomic E-state index is 13.3. The Morgan fingerprint density at radius 2 is 1.85 bits per heavy atom. The van der Waals surface area contributed by atoms with Gasteiger partial charge in [-0.1, -0.05) is 31.0 Å². The third kappa shape index (κ3) is 3.44. The smallest absolute Gasteiger partial charge is 0.416 e. The first kappa shape index (κ1) is 18.7. The van der Waals surface area contributed by atoms with Crippen molar-refractivity contribution in [2.24, 2.45) is 5.92 Å². The highest BCUT2D eigenvalue weighted by Crippen LogP contribution is 2.44. The maximum Gasteiger partial charge on any atom is 0.416 e. The molecule has 1 atom stereocenters. The molecule has 0 unspecified atom stereocenters. The summed E-state index contributed by atoms with van der Waals surface area (Å²) in [6.45, 7) is 0.595. The summed E-state index contributed by atoms with van der Waals surface area (Å²) in [7, 11) is 0. The number of piperidine rings is 1. The van der Waals surface area contributed by atoms with Gasteiger partial charge in [0.1, 0.15) is 0 Å². The highest BCUT2D eigenvalue weighted by atomic mass is 19.4. The van der Waals surface area contributed by atoms with Gasteiger partial charge in [0.05, 0.1) is 16.9 Å². The van der Waals surface area contributed by atoms with E-state index in [-0.39, 0.29) is 12.5 Å². The summed E-state index contributed by atoms with van der Waals surface area (Å²) in [5.41, 5.74) is -1.33. The molecule has 1 aliphatic heterocycles. The van der Waals surface area contributed by atoms with E-state index in [0.717, 1.165) is 25.0 Å². The van der Waals surface area contributed by atoms with Gasteiger partial charge in [-0.2, -0.15) is 13.2 Å². The Morgan fingerprint density at radius 3 is 2.46 bits per heavy atom. The van der Waals surface area contributed by atoms with Crippen LogP contribution in [0, 0.1) is 5.92 Å². The topological polar surface area (TPSA) is 57.6 Å². The minimum absolute atomic E-state index is 0.134. The summed E-state index contributed by atoms with van der Waals surface area (Å²) in [5, 5.41) is 9.25. The van der Waals surface area contributed by atoms with Crippen molar-refractivity contribution in [1.82, 2.24) is 4.90 Å². The molecule has 0 bridgehead atoms. The number of hydrogen-bond acceptors (Lipinski definition) is 2. The first-order chi connectivity index (χ1) is 12.2. The fourth-order valence-corrected chi connectivity index (χ4v) is 4.26. The van der Waals surface area contributed by atoms with Gasteiger partial charge in [0, 0.05) is 13.1 Å². The van der Waals surface area contributed by atoms with Gasteiger partial charge >= 0.3 is 12.1 Å². The second-order valence-corrected chi connectivity index (χ2v) is 7.30. The van der Waals surface area contributed by atoms with E-state index in [4.69, 9.17) is 0 Å². The zero-order valence-electron chi connectivity index (χ0n) is 14.4. The van der Waals surface area contributed by atoms with Crippen molar-refractivity contribution in [3.05, 3.63) is 35.4 Å². The Labute approximate surface area is 150 Å². The number of hydrogen-bond donors (Lipinski definition) is 1. The zero-order chi connectivity index (χ0) is 18.9. The molecule has 1 aromatic carbocycles. The number of halogens is 3. The van der Waals surface area contributed by atoms with Crippen LogP contribution in [-0.2, 0) is 21.2 Å². The summed E-state index contributed by atoms with van der Waals surface area (Å²) in [6.07, 6.45) is -0.783. The fourth-order valence-electron chi connectivity index (χ4n) is 4.26. The highest BCUT2D eigenvalue weighted by Gasteiger charge is 2.47. The van der Waals surface area contributed by atoms with Crippen molar-refractivity contribution < 1.29 is 27.9 Å². The summed E-state index contributed by atoms with van der Waals surface area (Å²) in [5.74, 6) is -1.75. The number of carboxylic acids is 1. The van der Waals surface area contributed by atoms with Crippen molar-refractivity contribution in [1.29, 1.82) is 0 Å². The number of benzene rings is 1. The van der Waals surface area contributed by atoms with Crippen LogP contribution in [0.4, 0.5) is 13.2 Å². The van der Waals surface area contributed by atoms with Gasteiger partial charge in [-0.3, -0.25) is 9.59 Å². The van der Waals surface area contributed by atoms with E-state index < -0.39 is 29.0 Å². The number of carbonyl (C=O) groups is 2. The van der Waals surface area contributed by atoms with Crippen LogP contribution in [0.15, 0.2) is 24.3 Å². The molecule has 26 heavy (non-hydrogen) atoms. The van der Waals surface area contributed by atoms with Crippen LogP contribution in [0.2, 0.25) is 0 Å². The molecular weight excluding hydrogens is 347 g/mol. The third-order valence-corrected chi connectivity index (χ3v) is 5.67. The SMILES string of the molecule is O=C(O)[C@H]1CCCN(C(=O)C2(c3cccc(C(F)(F)F)c3)CCCC2)C1. The lowest BCUT2D eigenvalue weighted by Crippen LogP contribution is -2.50. The molecule has 1 saturated heterocycles. The maximum atomic E-state index is 13.3. The highest BCUT2D eigenvalue weighted by molar-refractivity contribution is 5.89. The normalized spacial score (nSPS) is 23.0. The molecule has 0 aromatic heterocycles. The van der Waals surface area contributed by atoms with Gasteiger partial charge in [0.15, 0.2) is 0 Å². The van der Waals surface area contributed by atoms with Gasteiger partial charge in [-0.15, -0.1) is 0 Å². The van der Waals surface area contributed by atoms with Gasteiger partial charge in [-0.05, 0) is 37.3 Å². The number of carbonyl (C=O) groups excluding carboxylic acids is 1. The van der Waals surface area contributed by atoms with Crippen LogP contribution in [0.5, 0.6) is 0 Å². The lowest BCUT2D eigenvalue weighted by molar-refractivity contribution is -0.147.